The van der Waals surface area contributed by atoms with E-state index >= 15 is 0 Å². The maximum atomic E-state index is 12.2. The van der Waals surface area contributed by atoms with Gasteiger partial charge in [0.15, 0.2) is 5.78 Å². The van der Waals surface area contributed by atoms with Crippen LogP contribution in [0.4, 0.5) is 0 Å². The third-order valence-electron chi connectivity index (χ3n) is 3.27. The van der Waals surface area contributed by atoms with Crippen molar-refractivity contribution in [2.75, 3.05) is 20.3 Å². The molecule has 0 aromatic heterocycles. The van der Waals surface area contributed by atoms with Crippen LogP contribution in [0.5, 0.6) is 11.5 Å². The van der Waals surface area contributed by atoms with E-state index in [0.29, 0.717) is 17.1 Å². The van der Waals surface area contributed by atoms with Crippen molar-refractivity contribution in [1.82, 2.24) is 4.72 Å². The minimum atomic E-state index is -3.68. The monoisotopic (exact) mass is 349 g/mol. The minimum Gasteiger partial charge on any atom is -0.497 e. The van der Waals surface area contributed by atoms with Gasteiger partial charge in [-0.2, -0.15) is 0 Å². The van der Waals surface area contributed by atoms with Crippen LogP contribution >= 0.6 is 0 Å². The SMILES string of the molecule is COc1ccc(OCCNS(=O)(=O)c2cccc(C(C)=O)c2)cc1. The van der Waals surface area contributed by atoms with Gasteiger partial charge >= 0.3 is 0 Å². The topological polar surface area (TPSA) is 81.7 Å². The van der Waals surface area contributed by atoms with Crippen molar-refractivity contribution in [3.63, 3.8) is 0 Å². The molecule has 0 bridgehead atoms. The van der Waals surface area contributed by atoms with Gasteiger partial charge in [0.05, 0.1) is 12.0 Å². The molecule has 0 aliphatic rings. The Balaban J connectivity index is 1.90. The number of methoxy groups -OCH3 is 1. The summed E-state index contributed by atoms with van der Waals surface area (Å²) in [5, 5.41) is 0. The average molecular weight is 349 g/mol. The molecule has 0 heterocycles. The quantitative estimate of drug-likeness (QED) is 0.584. The van der Waals surface area contributed by atoms with Gasteiger partial charge in [-0.15, -0.1) is 0 Å². The number of rotatable bonds is 8. The molecule has 6 nitrogen and oxygen atoms in total. The number of Topliss-reactive ketones (excluding diaryl/α,β-unsaturated/α-hetero) is 1. The van der Waals surface area contributed by atoms with Crippen LogP contribution in [0.2, 0.25) is 0 Å². The van der Waals surface area contributed by atoms with Gasteiger partial charge in [0.25, 0.3) is 0 Å². The fraction of sp³-hybridized carbons (Fsp3) is 0.235. The molecule has 0 saturated carbocycles. The van der Waals surface area contributed by atoms with Crippen LogP contribution in [-0.4, -0.2) is 34.5 Å². The number of sulfonamides is 1. The molecule has 1 N–H and O–H groups in total. The van der Waals surface area contributed by atoms with Crippen LogP contribution in [0.15, 0.2) is 53.4 Å². The average Bonchev–Trinajstić information content (AvgIpc) is 2.59. The van der Waals surface area contributed by atoms with Crippen molar-refractivity contribution >= 4 is 15.8 Å². The summed E-state index contributed by atoms with van der Waals surface area (Å²) >= 11 is 0. The van der Waals surface area contributed by atoms with Gasteiger partial charge in [0, 0.05) is 12.1 Å². The largest absolute Gasteiger partial charge is 0.497 e. The summed E-state index contributed by atoms with van der Waals surface area (Å²) in [6.45, 7) is 1.68. The molecule has 0 radical (unpaired) electrons. The highest BCUT2D eigenvalue weighted by Gasteiger charge is 2.14. The highest BCUT2D eigenvalue weighted by atomic mass is 32.2. The Bertz CT molecular complexity index is 800. The summed E-state index contributed by atoms with van der Waals surface area (Å²) in [5.41, 5.74) is 0.354. The Morgan fingerprint density at radius 3 is 2.38 bits per heavy atom. The second kappa shape index (κ2) is 7.94. The first kappa shape index (κ1) is 18.0. The van der Waals surface area contributed by atoms with Gasteiger partial charge in [-0.1, -0.05) is 12.1 Å². The minimum absolute atomic E-state index is 0.0552. The van der Waals surface area contributed by atoms with E-state index in [1.54, 1.807) is 43.5 Å². The molecule has 0 atom stereocenters. The van der Waals surface area contributed by atoms with E-state index in [1.165, 1.54) is 19.1 Å². The Morgan fingerprint density at radius 2 is 1.75 bits per heavy atom. The summed E-state index contributed by atoms with van der Waals surface area (Å²) in [6, 6.07) is 12.9. The number of carbonyl (C=O) groups is 1. The van der Waals surface area contributed by atoms with Crippen LogP contribution in [0.3, 0.4) is 0 Å². The second-order valence-electron chi connectivity index (χ2n) is 5.01. The zero-order chi connectivity index (χ0) is 17.6. The molecular weight excluding hydrogens is 330 g/mol. The summed E-state index contributed by atoms with van der Waals surface area (Å²) in [5.74, 6) is 1.15. The molecule has 0 aliphatic carbocycles. The van der Waals surface area contributed by atoms with E-state index in [-0.39, 0.29) is 23.8 Å². The number of benzene rings is 2. The van der Waals surface area contributed by atoms with Crippen LogP contribution in [-0.2, 0) is 10.0 Å². The maximum absolute atomic E-state index is 12.2. The number of nitrogens with one attached hydrogen (secondary N) is 1. The lowest BCUT2D eigenvalue weighted by Crippen LogP contribution is -2.28. The van der Waals surface area contributed by atoms with Crippen molar-refractivity contribution < 1.29 is 22.7 Å². The van der Waals surface area contributed by atoms with Gasteiger partial charge < -0.3 is 9.47 Å². The predicted molar refractivity (Wildman–Crippen MR) is 90.1 cm³/mol. The molecular formula is C17H19NO5S. The standard InChI is InChI=1S/C17H19NO5S/c1-13(19)14-4-3-5-17(12-14)24(20,21)18-10-11-23-16-8-6-15(22-2)7-9-16/h3-9,12,18H,10-11H2,1-2H3. The van der Waals surface area contributed by atoms with Crippen LogP contribution in [0.25, 0.3) is 0 Å². The van der Waals surface area contributed by atoms with E-state index in [4.69, 9.17) is 9.47 Å². The van der Waals surface area contributed by atoms with Crippen molar-refractivity contribution in [3.05, 3.63) is 54.1 Å². The maximum Gasteiger partial charge on any atom is 0.240 e. The third-order valence-corrected chi connectivity index (χ3v) is 4.73. The molecule has 2 aromatic rings. The molecule has 7 heteroatoms. The molecule has 0 spiro atoms. The lowest BCUT2D eigenvalue weighted by Gasteiger charge is -2.09. The zero-order valence-corrected chi connectivity index (χ0v) is 14.3. The number of ether oxygens (including phenoxy) is 2. The van der Waals surface area contributed by atoms with E-state index in [2.05, 4.69) is 4.72 Å². The van der Waals surface area contributed by atoms with Crippen molar-refractivity contribution in [3.8, 4) is 11.5 Å². The molecule has 0 amide bonds. The lowest BCUT2D eigenvalue weighted by molar-refractivity contribution is 0.101. The van der Waals surface area contributed by atoms with Crippen LogP contribution in [0, 0.1) is 0 Å². The summed E-state index contributed by atoms with van der Waals surface area (Å²) < 4.78 is 37.4. The van der Waals surface area contributed by atoms with E-state index in [0.717, 1.165) is 0 Å². The van der Waals surface area contributed by atoms with E-state index in [1.807, 2.05) is 0 Å². The first-order valence-electron chi connectivity index (χ1n) is 7.30. The smallest absolute Gasteiger partial charge is 0.240 e. The predicted octanol–water partition coefficient (Wildman–Crippen LogP) is 2.26. The molecule has 0 fully saturated rings. The number of ketones is 1. The van der Waals surface area contributed by atoms with Crippen LogP contribution in [0.1, 0.15) is 17.3 Å². The van der Waals surface area contributed by atoms with Gasteiger partial charge in [0.2, 0.25) is 10.0 Å². The molecule has 2 aromatic carbocycles. The Hall–Kier alpha value is -2.38. The zero-order valence-electron chi connectivity index (χ0n) is 13.5. The molecule has 128 valence electrons. The van der Waals surface area contributed by atoms with Gasteiger partial charge in [-0.05, 0) is 43.3 Å². The molecule has 24 heavy (non-hydrogen) atoms. The number of hydrogen-bond acceptors (Lipinski definition) is 5. The summed E-state index contributed by atoms with van der Waals surface area (Å²) in [6.07, 6.45) is 0. The van der Waals surface area contributed by atoms with Crippen LogP contribution < -0.4 is 14.2 Å². The fourth-order valence-electron chi connectivity index (χ4n) is 1.98. The first-order valence-corrected chi connectivity index (χ1v) is 8.78. The number of hydrogen-bond donors (Lipinski definition) is 1. The molecule has 0 aliphatic heterocycles. The van der Waals surface area contributed by atoms with E-state index in [9.17, 15) is 13.2 Å². The molecule has 0 saturated heterocycles. The fourth-order valence-corrected chi connectivity index (χ4v) is 3.04. The third kappa shape index (κ3) is 4.81. The van der Waals surface area contributed by atoms with Crippen molar-refractivity contribution in [2.45, 2.75) is 11.8 Å². The van der Waals surface area contributed by atoms with E-state index < -0.39 is 10.0 Å². The Kier molecular flexibility index (Phi) is 5.94. The summed E-state index contributed by atoms with van der Waals surface area (Å²) in [4.78, 5) is 11.4. The Morgan fingerprint density at radius 1 is 1.08 bits per heavy atom. The second-order valence-corrected chi connectivity index (χ2v) is 6.77. The van der Waals surface area contributed by atoms with Crippen molar-refractivity contribution in [2.24, 2.45) is 0 Å². The van der Waals surface area contributed by atoms with Crippen molar-refractivity contribution in [1.29, 1.82) is 0 Å². The first-order chi connectivity index (χ1) is 11.4. The highest BCUT2D eigenvalue weighted by molar-refractivity contribution is 7.89. The number of carbonyl (C=O) groups excluding carboxylic acids is 1. The molecule has 2 rings (SSSR count). The highest BCUT2D eigenvalue weighted by Crippen LogP contribution is 2.17. The lowest BCUT2D eigenvalue weighted by atomic mass is 10.2. The van der Waals surface area contributed by atoms with Gasteiger partial charge in [-0.3, -0.25) is 4.79 Å². The summed E-state index contributed by atoms with van der Waals surface area (Å²) in [7, 11) is -2.11. The molecule has 0 unspecified atom stereocenters. The normalized spacial score (nSPS) is 11.1. The van der Waals surface area contributed by atoms with Gasteiger partial charge in [0.1, 0.15) is 18.1 Å². The Labute approximate surface area is 141 Å². The van der Waals surface area contributed by atoms with Gasteiger partial charge in [-0.25, -0.2) is 13.1 Å².